The molecule has 2 fully saturated rings. The van der Waals surface area contributed by atoms with Crippen molar-refractivity contribution in [3.8, 4) is 0 Å². The minimum Gasteiger partial charge on any atom is -0.321 e. The van der Waals surface area contributed by atoms with Gasteiger partial charge in [0, 0.05) is 12.6 Å². The van der Waals surface area contributed by atoms with Crippen LogP contribution in [-0.2, 0) is 0 Å². The standard InChI is InChI=1S/C16H20F2N2O/c17-12-7-3-8-13(15(12)18)19-16(21)20-10-4-9-14(20)11-5-1-2-6-11/h3,7-8,11,14H,1-2,4-6,9-10H2,(H,19,21). The molecule has 2 aliphatic rings. The van der Waals surface area contributed by atoms with Crippen molar-refractivity contribution < 1.29 is 13.6 Å². The molecule has 3 rings (SSSR count). The molecule has 1 saturated heterocycles. The number of rotatable bonds is 2. The first-order valence-electron chi connectivity index (χ1n) is 7.68. The van der Waals surface area contributed by atoms with Crippen LogP contribution in [0.15, 0.2) is 18.2 Å². The smallest absolute Gasteiger partial charge is 0.321 e. The van der Waals surface area contributed by atoms with Gasteiger partial charge in [-0.15, -0.1) is 0 Å². The van der Waals surface area contributed by atoms with Crippen LogP contribution in [0.3, 0.4) is 0 Å². The molecule has 1 atom stereocenters. The van der Waals surface area contributed by atoms with E-state index >= 15 is 0 Å². The molecule has 1 saturated carbocycles. The summed E-state index contributed by atoms with van der Waals surface area (Å²) in [7, 11) is 0. The fourth-order valence-corrected chi connectivity index (χ4v) is 3.66. The van der Waals surface area contributed by atoms with E-state index in [0.29, 0.717) is 12.5 Å². The lowest BCUT2D eigenvalue weighted by molar-refractivity contribution is 0.185. The van der Waals surface area contributed by atoms with Gasteiger partial charge in [0.25, 0.3) is 0 Å². The SMILES string of the molecule is O=C(Nc1cccc(F)c1F)N1CCCC1C1CCCC1. The summed E-state index contributed by atoms with van der Waals surface area (Å²) < 4.78 is 26.8. The fraction of sp³-hybridized carbons (Fsp3) is 0.562. The molecule has 1 unspecified atom stereocenters. The van der Waals surface area contributed by atoms with E-state index < -0.39 is 11.6 Å². The van der Waals surface area contributed by atoms with Crippen LogP contribution in [0.5, 0.6) is 0 Å². The number of carbonyl (C=O) groups excluding carboxylic acids is 1. The number of anilines is 1. The molecule has 0 radical (unpaired) electrons. The maximum atomic E-state index is 13.6. The number of nitrogens with zero attached hydrogens (tertiary/aromatic N) is 1. The predicted octanol–water partition coefficient (Wildman–Crippen LogP) is 4.15. The van der Waals surface area contributed by atoms with Crippen molar-refractivity contribution in [1.29, 1.82) is 0 Å². The number of carbonyl (C=O) groups is 1. The molecule has 5 heteroatoms. The highest BCUT2D eigenvalue weighted by Gasteiger charge is 2.36. The molecule has 2 amide bonds. The first-order valence-corrected chi connectivity index (χ1v) is 7.68. The Balaban J connectivity index is 1.70. The maximum Gasteiger partial charge on any atom is 0.322 e. The van der Waals surface area contributed by atoms with Crippen molar-refractivity contribution >= 4 is 11.7 Å². The first-order chi connectivity index (χ1) is 10.2. The minimum absolute atomic E-state index is 0.0860. The van der Waals surface area contributed by atoms with E-state index in [0.717, 1.165) is 18.9 Å². The second-order valence-electron chi connectivity index (χ2n) is 5.98. The highest BCUT2D eigenvalue weighted by atomic mass is 19.2. The highest BCUT2D eigenvalue weighted by molar-refractivity contribution is 5.89. The molecule has 1 aliphatic carbocycles. The van der Waals surface area contributed by atoms with Crippen LogP contribution in [0.2, 0.25) is 0 Å². The lowest BCUT2D eigenvalue weighted by atomic mass is 9.96. The van der Waals surface area contributed by atoms with E-state index in [-0.39, 0.29) is 17.8 Å². The Morgan fingerprint density at radius 1 is 1.14 bits per heavy atom. The summed E-state index contributed by atoms with van der Waals surface area (Å²) >= 11 is 0. The van der Waals surface area contributed by atoms with Crippen molar-refractivity contribution in [3.05, 3.63) is 29.8 Å². The number of urea groups is 1. The van der Waals surface area contributed by atoms with Crippen LogP contribution in [-0.4, -0.2) is 23.5 Å². The molecule has 0 bridgehead atoms. The Hall–Kier alpha value is -1.65. The monoisotopic (exact) mass is 294 g/mol. The van der Waals surface area contributed by atoms with E-state index in [1.807, 2.05) is 0 Å². The molecule has 0 spiro atoms. The number of halogens is 2. The lowest BCUT2D eigenvalue weighted by Gasteiger charge is -2.29. The topological polar surface area (TPSA) is 32.3 Å². The van der Waals surface area contributed by atoms with Crippen LogP contribution in [0.1, 0.15) is 38.5 Å². The van der Waals surface area contributed by atoms with Gasteiger partial charge in [-0.1, -0.05) is 18.9 Å². The number of amides is 2. The summed E-state index contributed by atoms with van der Waals surface area (Å²) in [5.41, 5.74) is -0.0860. The third-order valence-electron chi connectivity index (χ3n) is 4.70. The van der Waals surface area contributed by atoms with E-state index in [2.05, 4.69) is 5.32 Å². The van der Waals surface area contributed by atoms with Crippen LogP contribution < -0.4 is 5.32 Å². The van der Waals surface area contributed by atoms with Crippen molar-refractivity contribution in [2.75, 3.05) is 11.9 Å². The average molecular weight is 294 g/mol. The number of benzene rings is 1. The molecular weight excluding hydrogens is 274 g/mol. The first kappa shape index (κ1) is 14.3. The molecule has 1 N–H and O–H groups in total. The molecule has 1 aromatic rings. The van der Waals surface area contributed by atoms with E-state index in [4.69, 9.17) is 0 Å². The molecule has 1 aromatic carbocycles. The van der Waals surface area contributed by atoms with E-state index in [9.17, 15) is 13.6 Å². The van der Waals surface area contributed by atoms with Gasteiger partial charge in [0.1, 0.15) is 0 Å². The second kappa shape index (κ2) is 6.00. The molecular formula is C16H20F2N2O. The lowest BCUT2D eigenvalue weighted by Crippen LogP contribution is -2.42. The summed E-state index contributed by atoms with van der Waals surface area (Å²) in [6.45, 7) is 0.698. The van der Waals surface area contributed by atoms with Gasteiger partial charge in [-0.2, -0.15) is 0 Å². The zero-order valence-corrected chi connectivity index (χ0v) is 11.9. The largest absolute Gasteiger partial charge is 0.322 e. The molecule has 21 heavy (non-hydrogen) atoms. The Morgan fingerprint density at radius 3 is 2.67 bits per heavy atom. The van der Waals surface area contributed by atoms with Gasteiger partial charge >= 0.3 is 6.03 Å². The summed E-state index contributed by atoms with van der Waals surface area (Å²) in [6.07, 6.45) is 6.81. The molecule has 114 valence electrons. The van der Waals surface area contributed by atoms with Crippen molar-refractivity contribution in [2.24, 2.45) is 5.92 Å². The summed E-state index contributed by atoms with van der Waals surface area (Å²) in [6, 6.07) is 3.77. The van der Waals surface area contributed by atoms with Gasteiger partial charge in [-0.25, -0.2) is 13.6 Å². The van der Waals surface area contributed by atoms with E-state index in [1.54, 1.807) is 4.90 Å². The zero-order valence-electron chi connectivity index (χ0n) is 11.9. The molecule has 0 aromatic heterocycles. The summed E-state index contributed by atoms with van der Waals surface area (Å²) in [5, 5.41) is 2.52. The van der Waals surface area contributed by atoms with Crippen molar-refractivity contribution in [2.45, 2.75) is 44.6 Å². The van der Waals surface area contributed by atoms with Crippen molar-refractivity contribution in [3.63, 3.8) is 0 Å². The van der Waals surface area contributed by atoms with Crippen molar-refractivity contribution in [1.82, 2.24) is 4.90 Å². The zero-order chi connectivity index (χ0) is 14.8. The van der Waals surface area contributed by atoms with Gasteiger partial charge < -0.3 is 10.2 Å². The van der Waals surface area contributed by atoms with Crippen LogP contribution in [0.25, 0.3) is 0 Å². The number of hydrogen-bond donors (Lipinski definition) is 1. The van der Waals surface area contributed by atoms with Gasteiger partial charge in [0.2, 0.25) is 0 Å². The van der Waals surface area contributed by atoms with Crippen LogP contribution in [0, 0.1) is 17.6 Å². The van der Waals surface area contributed by atoms with Crippen LogP contribution in [0.4, 0.5) is 19.3 Å². The Labute approximate surface area is 123 Å². The normalized spacial score (nSPS) is 22.8. The molecule has 1 heterocycles. The molecule has 3 nitrogen and oxygen atoms in total. The Kier molecular flexibility index (Phi) is 4.08. The Bertz CT molecular complexity index is 529. The highest BCUT2D eigenvalue weighted by Crippen LogP contribution is 2.35. The van der Waals surface area contributed by atoms with Crippen LogP contribution >= 0.6 is 0 Å². The predicted molar refractivity (Wildman–Crippen MR) is 77.1 cm³/mol. The fourth-order valence-electron chi connectivity index (χ4n) is 3.66. The second-order valence-corrected chi connectivity index (χ2v) is 5.98. The van der Waals surface area contributed by atoms with Gasteiger partial charge in [0.15, 0.2) is 11.6 Å². The maximum absolute atomic E-state index is 13.6. The van der Waals surface area contributed by atoms with Gasteiger partial charge in [0.05, 0.1) is 5.69 Å². The number of hydrogen-bond acceptors (Lipinski definition) is 1. The quantitative estimate of drug-likeness (QED) is 0.873. The summed E-state index contributed by atoms with van der Waals surface area (Å²) in [5.74, 6) is -1.38. The average Bonchev–Trinajstić information content (AvgIpc) is 3.13. The number of nitrogens with one attached hydrogen (secondary N) is 1. The summed E-state index contributed by atoms with van der Waals surface area (Å²) in [4.78, 5) is 14.2. The van der Waals surface area contributed by atoms with E-state index in [1.165, 1.54) is 37.8 Å². The number of likely N-dealkylation sites (tertiary alicyclic amines) is 1. The minimum atomic E-state index is -0.998. The third kappa shape index (κ3) is 2.87. The van der Waals surface area contributed by atoms with Gasteiger partial charge in [-0.3, -0.25) is 0 Å². The third-order valence-corrected chi connectivity index (χ3v) is 4.70. The van der Waals surface area contributed by atoms with Gasteiger partial charge in [-0.05, 0) is 43.7 Å². The Morgan fingerprint density at radius 2 is 1.90 bits per heavy atom. The molecule has 1 aliphatic heterocycles.